The van der Waals surface area contributed by atoms with E-state index in [4.69, 9.17) is 14.2 Å². The van der Waals surface area contributed by atoms with Crippen LogP contribution in [0.25, 0.3) is 0 Å². The molecular weight excluding hydrogens is 320 g/mol. The number of benzene rings is 2. The van der Waals surface area contributed by atoms with Gasteiger partial charge in [-0.05, 0) is 43.9 Å². The lowest BCUT2D eigenvalue weighted by Gasteiger charge is -2.18. The normalized spacial score (nSPS) is 9.79. The molecule has 0 aliphatic rings. The van der Waals surface area contributed by atoms with E-state index in [0.717, 1.165) is 0 Å². The zero-order valence-electron chi connectivity index (χ0n) is 13.8. The predicted molar refractivity (Wildman–Crippen MR) is 101 cm³/mol. The standard InChI is InChI=1S/C19H22O4.H4Si/c1-4-21-16-13-12-15(17(20)14-10-8-7-9-11-14)18(22-5-2)19(16)23-6-3;/h7-13H,4-6H2,1-3H3;1H4. The summed E-state index contributed by atoms with van der Waals surface area (Å²) in [5.74, 6) is 1.41. The molecule has 24 heavy (non-hydrogen) atoms. The topological polar surface area (TPSA) is 44.8 Å². The zero-order chi connectivity index (χ0) is 16.7. The maximum absolute atomic E-state index is 12.8. The van der Waals surface area contributed by atoms with Crippen molar-refractivity contribution in [3.05, 3.63) is 53.6 Å². The van der Waals surface area contributed by atoms with E-state index in [1.165, 1.54) is 0 Å². The molecule has 0 saturated heterocycles. The molecule has 0 heterocycles. The summed E-state index contributed by atoms with van der Waals surface area (Å²) < 4.78 is 17.0. The molecule has 0 atom stereocenters. The van der Waals surface area contributed by atoms with Crippen LogP contribution in [0, 0.1) is 0 Å². The van der Waals surface area contributed by atoms with Crippen LogP contribution in [0.5, 0.6) is 17.2 Å². The number of hydrogen-bond donors (Lipinski definition) is 0. The summed E-state index contributed by atoms with van der Waals surface area (Å²) in [6.07, 6.45) is 0. The van der Waals surface area contributed by atoms with Gasteiger partial charge in [-0.2, -0.15) is 0 Å². The fraction of sp³-hybridized carbons (Fsp3) is 0.316. The van der Waals surface area contributed by atoms with Crippen molar-refractivity contribution in [1.29, 1.82) is 0 Å². The number of rotatable bonds is 8. The van der Waals surface area contributed by atoms with E-state index in [-0.39, 0.29) is 16.7 Å². The van der Waals surface area contributed by atoms with Crippen molar-refractivity contribution >= 4 is 16.7 Å². The van der Waals surface area contributed by atoms with E-state index >= 15 is 0 Å². The van der Waals surface area contributed by atoms with Crippen LogP contribution in [0.3, 0.4) is 0 Å². The van der Waals surface area contributed by atoms with Crippen LogP contribution in [0.1, 0.15) is 36.7 Å². The van der Waals surface area contributed by atoms with Gasteiger partial charge in [-0.3, -0.25) is 4.79 Å². The van der Waals surface area contributed by atoms with Gasteiger partial charge in [0.05, 0.1) is 25.4 Å². The van der Waals surface area contributed by atoms with Crippen molar-refractivity contribution in [2.75, 3.05) is 19.8 Å². The molecular formula is C19H26O4Si. The second kappa shape index (κ2) is 9.77. The Morgan fingerprint density at radius 3 is 1.96 bits per heavy atom. The summed E-state index contributed by atoms with van der Waals surface area (Å²) >= 11 is 0. The molecule has 2 aromatic rings. The average molecular weight is 346 g/mol. The number of carbonyl (C=O) groups excluding carboxylic acids is 1. The van der Waals surface area contributed by atoms with E-state index < -0.39 is 0 Å². The number of carbonyl (C=O) groups is 1. The third-order valence-electron chi connectivity index (χ3n) is 3.23. The number of hydrogen-bond acceptors (Lipinski definition) is 4. The Morgan fingerprint density at radius 2 is 1.38 bits per heavy atom. The van der Waals surface area contributed by atoms with Crippen molar-refractivity contribution in [2.24, 2.45) is 0 Å². The summed E-state index contributed by atoms with van der Waals surface area (Å²) in [5, 5.41) is 0. The Kier molecular flexibility index (Phi) is 8.05. The summed E-state index contributed by atoms with van der Waals surface area (Å²) in [6, 6.07) is 12.6. The molecule has 0 saturated carbocycles. The third-order valence-corrected chi connectivity index (χ3v) is 3.23. The highest BCUT2D eigenvalue weighted by Gasteiger charge is 2.22. The molecule has 0 unspecified atom stereocenters. The summed E-state index contributed by atoms with van der Waals surface area (Å²) in [4.78, 5) is 12.8. The van der Waals surface area contributed by atoms with Crippen LogP contribution in [-0.4, -0.2) is 36.6 Å². The van der Waals surface area contributed by atoms with Crippen LogP contribution < -0.4 is 14.2 Å². The van der Waals surface area contributed by atoms with Gasteiger partial charge in [-0.15, -0.1) is 0 Å². The Labute approximate surface area is 147 Å². The smallest absolute Gasteiger partial charge is 0.204 e. The van der Waals surface area contributed by atoms with Crippen LogP contribution >= 0.6 is 0 Å². The molecule has 0 aliphatic heterocycles. The fourth-order valence-electron chi connectivity index (χ4n) is 2.31. The fourth-order valence-corrected chi connectivity index (χ4v) is 2.31. The quantitative estimate of drug-likeness (QED) is 0.544. The summed E-state index contributed by atoms with van der Waals surface area (Å²) in [7, 11) is 0. The van der Waals surface area contributed by atoms with Gasteiger partial charge in [0.25, 0.3) is 0 Å². The first kappa shape index (κ1) is 19.8. The monoisotopic (exact) mass is 346 g/mol. The molecule has 5 heteroatoms. The van der Waals surface area contributed by atoms with Crippen molar-refractivity contribution < 1.29 is 19.0 Å². The van der Waals surface area contributed by atoms with Crippen molar-refractivity contribution in [1.82, 2.24) is 0 Å². The molecule has 2 rings (SSSR count). The highest BCUT2D eigenvalue weighted by Crippen LogP contribution is 2.41. The van der Waals surface area contributed by atoms with Crippen LogP contribution in [0.2, 0.25) is 0 Å². The zero-order valence-corrected chi connectivity index (χ0v) is 13.8. The first-order chi connectivity index (χ1) is 11.2. The molecule has 130 valence electrons. The summed E-state index contributed by atoms with van der Waals surface area (Å²) in [6.45, 7) is 7.07. The molecule has 0 bridgehead atoms. The van der Waals surface area contributed by atoms with Gasteiger partial charge in [0, 0.05) is 5.56 Å². The molecule has 0 N–H and O–H groups in total. The Morgan fingerprint density at radius 1 is 0.792 bits per heavy atom. The van der Waals surface area contributed by atoms with Crippen molar-refractivity contribution in [2.45, 2.75) is 20.8 Å². The molecule has 2 aromatic carbocycles. The predicted octanol–water partition coefficient (Wildman–Crippen LogP) is 2.66. The molecule has 0 amide bonds. The first-order valence-corrected chi connectivity index (χ1v) is 7.88. The second-order valence-electron chi connectivity index (χ2n) is 4.76. The van der Waals surface area contributed by atoms with Gasteiger partial charge >= 0.3 is 0 Å². The van der Waals surface area contributed by atoms with Crippen molar-refractivity contribution in [3.63, 3.8) is 0 Å². The van der Waals surface area contributed by atoms with Gasteiger partial charge in [0.1, 0.15) is 0 Å². The van der Waals surface area contributed by atoms with Crippen LogP contribution in [0.4, 0.5) is 0 Å². The second-order valence-corrected chi connectivity index (χ2v) is 4.76. The Balaban J connectivity index is 0.00000288. The van der Waals surface area contributed by atoms with E-state index in [1.54, 1.807) is 24.3 Å². The van der Waals surface area contributed by atoms with Crippen LogP contribution in [-0.2, 0) is 0 Å². The Bertz CT molecular complexity index is 656. The molecule has 0 spiro atoms. The van der Waals surface area contributed by atoms with Gasteiger partial charge < -0.3 is 14.2 Å². The van der Waals surface area contributed by atoms with E-state index in [1.807, 2.05) is 39.0 Å². The van der Waals surface area contributed by atoms with Gasteiger partial charge in [-0.25, -0.2) is 0 Å². The minimum Gasteiger partial charge on any atom is -0.490 e. The lowest BCUT2D eigenvalue weighted by atomic mass is 10.0. The molecule has 0 aliphatic carbocycles. The largest absolute Gasteiger partial charge is 0.490 e. The van der Waals surface area contributed by atoms with E-state index in [2.05, 4.69) is 0 Å². The highest BCUT2D eigenvalue weighted by atomic mass is 28.1. The van der Waals surface area contributed by atoms with Gasteiger partial charge in [0.2, 0.25) is 5.75 Å². The van der Waals surface area contributed by atoms with E-state index in [9.17, 15) is 4.79 Å². The third kappa shape index (κ3) is 4.38. The highest BCUT2D eigenvalue weighted by molar-refractivity contribution is 6.11. The summed E-state index contributed by atoms with van der Waals surface area (Å²) in [5.41, 5.74) is 1.09. The van der Waals surface area contributed by atoms with Gasteiger partial charge in [-0.1, -0.05) is 30.3 Å². The number of ether oxygens (including phenoxy) is 3. The SMILES string of the molecule is CCOc1ccc(C(=O)c2ccccc2)c(OCC)c1OCC.[SiH4]. The lowest BCUT2D eigenvalue weighted by molar-refractivity contribution is 0.103. The maximum Gasteiger partial charge on any atom is 0.204 e. The van der Waals surface area contributed by atoms with Gasteiger partial charge in [0.15, 0.2) is 17.3 Å². The molecule has 0 fully saturated rings. The van der Waals surface area contributed by atoms with Crippen molar-refractivity contribution in [3.8, 4) is 17.2 Å². The Hall–Kier alpha value is -2.27. The van der Waals surface area contributed by atoms with Crippen LogP contribution in [0.15, 0.2) is 42.5 Å². The minimum absolute atomic E-state index is 0. The molecule has 0 aromatic heterocycles. The maximum atomic E-state index is 12.8. The minimum atomic E-state index is -0.0990. The lowest BCUT2D eigenvalue weighted by Crippen LogP contribution is -2.09. The molecule has 4 nitrogen and oxygen atoms in total. The molecule has 0 radical (unpaired) electrons. The first-order valence-electron chi connectivity index (χ1n) is 7.88. The average Bonchev–Trinajstić information content (AvgIpc) is 2.58. The van der Waals surface area contributed by atoms with E-state index in [0.29, 0.717) is 48.2 Å². The number of ketones is 1.